The molecule has 0 atom stereocenters. The number of rotatable bonds is 1. The van der Waals surface area contributed by atoms with Gasteiger partial charge in [-0.15, -0.1) is 0 Å². The Labute approximate surface area is 173 Å². The maximum Gasteiger partial charge on any atom is 0.209 e. The Morgan fingerprint density at radius 1 is 0.920 bits per heavy atom. The molecule has 0 amide bonds. The van der Waals surface area contributed by atoms with Crippen LogP contribution in [0.2, 0.25) is 10.0 Å². The van der Waals surface area contributed by atoms with Crippen molar-refractivity contribution in [3.63, 3.8) is 0 Å². The summed E-state index contributed by atoms with van der Waals surface area (Å²) < 4.78 is 1.86. The van der Waals surface area contributed by atoms with E-state index in [9.17, 15) is 0 Å². The lowest BCUT2D eigenvalue weighted by Crippen LogP contribution is -2.29. The molecule has 0 N–H and O–H groups in total. The number of nitrogens with zero attached hydrogens (tertiary/aromatic N) is 5. The first-order chi connectivity index (χ1) is 11.7. The van der Waals surface area contributed by atoms with E-state index in [2.05, 4.69) is 9.98 Å². The van der Waals surface area contributed by atoms with Crippen molar-refractivity contribution in [3.8, 4) is 5.69 Å². The van der Waals surface area contributed by atoms with Gasteiger partial charge in [0.05, 0.1) is 15.7 Å². The van der Waals surface area contributed by atoms with Gasteiger partial charge in [0.25, 0.3) is 0 Å². The van der Waals surface area contributed by atoms with Gasteiger partial charge in [-0.3, -0.25) is 4.57 Å². The topological polar surface area (TPSA) is 36.1 Å². The van der Waals surface area contributed by atoms with Gasteiger partial charge in [-0.05, 0) is 63.3 Å². The molecule has 5 nitrogen and oxygen atoms in total. The van der Waals surface area contributed by atoms with E-state index in [1.54, 1.807) is 21.9 Å². The Bertz CT molecular complexity index is 890. The van der Waals surface area contributed by atoms with Crippen molar-refractivity contribution < 1.29 is 0 Å². The van der Waals surface area contributed by atoms with E-state index in [1.807, 2.05) is 38.8 Å². The van der Waals surface area contributed by atoms with Gasteiger partial charge in [0.2, 0.25) is 9.60 Å². The van der Waals surface area contributed by atoms with Crippen molar-refractivity contribution in [3.05, 3.63) is 37.8 Å². The van der Waals surface area contributed by atoms with Gasteiger partial charge >= 0.3 is 0 Å². The molecule has 11 heteroatoms. The maximum absolute atomic E-state index is 6.18. The molecule has 2 rings (SSSR count). The summed E-state index contributed by atoms with van der Waals surface area (Å²) in [6.45, 7) is 0. The highest BCUT2D eigenvalue weighted by Crippen LogP contribution is 2.23. The Morgan fingerprint density at radius 2 is 1.40 bits per heavy atom. The van der Waals surface area contributed by atoms with Gasteiger partial charge in [0.15, 0.2) is 10.2 Å². The van der Waals surface area contributed by atoms with Crippen LogP contribution in [-0.4, -0.2) is 52.8 Å². The Morgan fingerprint density at radius 3 is 1.80 bits per heavy atom. The third-order valence-corrected chi connectivity index (χ3v) is 6.61. The van der Waals surface area contributed by atoms with E-state index >= 15 is 0 Å². The molecular weight excluding hydrogens is 437 g/mol. The second-order valence-corrected chi connectivity index (χ2v) is 8.85. The highest BCUT2D eigenvalue weighted by Gasteiger charge is 2.10. The zero-order valence-corrected chi connectivity index (χ0v) is 18.6. The summed E-state index contributed by atoms with van der Waals surface area (Å²) in [5.41, 5.74) is 0.785. The zero-order chi connectivity index (χ0) is 18.7. The standard InChI is InChI=1S/C14H15Cl2N5S4/c1-19(2)11(22)17-13-21(8-5-6-9(15)10(16)7-8)14(25-24-13)18-12(23)20(3)4/h5-7H,1-4H3. The average Bonchev–Trinajstić information content (AvgIpc) is 2.92. The van der Waals surface area contributed by atoms with Gasteiger partial charge in [-0.25, -0.2) is 0 Å². The van der Waals surface area contributed by atoms with Crippen LogP contribution in [0.25, 0.3) is 5.69 Å². The highest BCUT2D eigenvalue weighted by atomic mass is 35.5. The molecule has 0 radical (unpaired) electrons. The zero-order valence-electron chi connectivity index (χ0n) is 13.9. The van der Waals surface area contributed by atoms with Crippen LogP contribution in [0.5, 0.6) is 0 Å². The van der Waals surface area contributed by atoms with Crippen LogP contribution in [0.15, 0.2) is 28.2 Å². The molecule has 25 heavy (non-hydrogen) atoms. The number of benzene rings is 1. The van der Waals surface area contributed by atoms with Crippen molar-refractivity contribution in [1.29, 1.82) is 0 Å². The maximum atomic E-state index is 6.18. The minimum Gasteiger partial charge on any atom is -0.353 e. The molecule has 0 saturated carbocycles. The largest absolute Gasteiger partial charge is 0.353 e. The van der Waals surface area contributed by atoms with Crippen LogP contribution >= 0.6 is 68.3 Å². The smallest absolute Gasteiger partial charge is 0.209 e. The summed E-state index contributed by atoms with van der Waals surface area (Å²) in [5.74, 6) is 0. The lowest BCUT2D eigenvalue weighted by molar-refractivity contribution is 0.624. The first-order valence-electron chi connectivity index (χ1n) is 6.90. The summed E-state index contributed by atoms with van der Waals surface area (Å²) in [4.78, 5) is 13.9. The molecule has 134 valence electrons. The van der Waals surface area contributed by atoms with E-state index in [4.69, 9.17) is 47.6 Å². The fourth-order valence-electron chi connectivity index (χ4n) is 1.58. The average molecular weight is 452 g/mol. The van der Waals surface area contributed by atoms with E-state index in [-0.39, 0.29) is 0 Å². The second-order valence-electron chi connectivity index (χ2n) is 5.24. The number of thiocarbonyl (C=S) groups is 2. The van der Waals surface area contributed by atoms with Crippen LogP contribution in [0.3, 0.4) is 0 Å². The molecule has 0 bridgehead atoms. The molecule has 0 unspecified atom stereocenters. The van der Waals surface area contributed by atoms with E-state index in [1.165, 1.54) is 20.7 Å². The molecule has 1 aromatic heterocycles. The Kier molecular flexibility index (Phi) is 7.12. The van der Waals surface area contributed by atoms with Crippen molar-refractivity contribution in [2.45, 2.75) is 0 Å². The SMILES string of the molecule is CN(C)C(=S)N=c1ssc(=NC(=S)N(C)C)n1-c1ccc(Cl)c(Cl)c1. The molecule has 1 heterocycles. The number of hydrogen-bond acceptors (Lipinski definition) is 4. The van der Waals surface area contributed by atoms with Crippen molar-refractivity contribution >= 4 is 78.5 Å². The van der Waals surface area contributed by atoms with Crippen LogP contribution in [-0.2, 0) is 0 Å². The minimum absolute atomic E-state index is 0.449. The third kappa shape index (κ3) is 5.08. The normalized spacial score (nSPS) is 12.4. The predicted octanol–water partition coefficient (Wildman–Crippen LogP) is 3.40. The number of aromatic nitrogens is 1. The molecule has 0 aliphatic heterocycles. The summed E-state index contributed by atoms with van der Waals surface area (Å²) >= 11 is 22.8. The van der Waals surface area contributed by atoms with Crippen LogP contribution < -0.4 is 9.60 Å². The van der Waals surface area contributed by atoms with Gasteiger partial charge in [-0.1, -0.05) is 23.2 Å². The van der Waals surface area contributed by atoms with E-state index in [0.29, 0.717) is 29.9 Å². The Balaban J connectivity index is 2.76. The van der Waals surface area contributed by atoms with Crippen LogP contribution in [0, 0.1) is 0 Å². The van der Waals surface area contributed by atoms with Crippen LogP contribution in [0.4, 0.5) is 0 Å². The minimum atomic E-state index is 0.449. The van der Waals surface area contributed by atoms with Gasteiger partial charge in [-0.2, -0.15) is 9.98 Å². The first kappa shape index (κ1) is 20.5. The summed E-state index contributed by atoms with van der Waals surface area (Å²) in [6.07, 6.45) is 0. The summed E-state index contributed by atoms with van der Waals surface area (Å²) in [7, 11) is 10.3. The van der Waals surface area contributed by atoms with Gasteiger partial charge in [0, 0.05) is 28.2 Å². The molecule has 2 aromatic rings. The fraction of sp³-hybridized carbons (Fsp3) is 0.286. The van der Waals surface area contributed by atoms with Crippen molar-refractivity contribution in [1.82, 2.24) is 14.4 Å². The summed E-state index contributed by atoms with van der Waals surface area (Å²) in [5, 5.41) is 1.86. The quantitative estimate of drug-likeness (QED) is 0.491. The number of hydrogen-bond donors (Lipinski definition) is 0. The highest BCUT2D eigenvalue weighted by molar-refractivity contribution is 7.80. The predicted molar refractivity (Wildman–Crippen MR) is 115 cm³/mol. The van der Waals surface area contributed by atoms with Crippen LogP contribution in [0.1, 0.15) is 0 Å². The monoisotopic (exact) mass is 451 g/mol. The first-order valence-corrected chi connectivity index (χ1v) is 10.6. The van der Waals surface area contributed by atoms with Gasteiger partial charge < -0.3 is 9.80 Å². The molecule has 1 aromatic carbocycles. The molecule has 0 aliphatic rings. The van der Waals surface area contributed by atoms with Crippen molar-refractivity contribution in [2.75, 3.05) is 28.2 Å². The molecular formula is C14H15Cl2N5S4. The summed E-state index contributed by atoms with van der Waals surface area (Å²) in [6, 6.07) is 5.35. The third-order valence-electron chi connectivity index (χ3n) is 2.88. The fourth-order valence-corrected chi connectivity index (χ4v) is 4.26. The van der Waals surface area contributed by atoms with Gasteiger partial charge in [0.1, 0.15) is 0 Å². The number of halogens is 2. The van der Waals surface area contributed by atoms with E-state index in [0.717, 1.165) is 5.69 Å². The van der Waals surface area contributed by atoms with Crippen molar-refractivity contribution in [2.24, 2.45) is 9.98 Å². The molecule has 0 aliphatic carbocycles. The lowest BCUT2D eigenvalue weighted by atomic mass is 10.3. The molecule has 0 spiro atoms. The lowest BCUT2D eigenvalue weighted by Gasteiger charge is -2.10. The molecule has 0 saturated heterocycles. The second kappa shape index (κ2) is 8.70. The van der Waals surface area contributed by atoms with E-state index < -0.39 is 0 Å². The molecule has 0 fully saturated rings. The Hall–Kier alpha value is -0.840.